The van der Waals surface area contributed by atoms with E-state index in [0.29, 0.717) is 13.0 Å². The van der Waals surface area contributed by atoms with Gasteiger partial charge < -0.3 is 9.84 Å². The molecule has 4 nitrogen and oxygen atoms in total. The van der Waals surface area contributed by atoms with Gasteiger partial charge in [0.25, 0.3) is 0 Å². The number of carbonyl (C=O) groups excluding carboxylic acids is 1. The lowest BCUT2D eigenvalue weighted by molar-refractivity contribution is -0.153. The molecule has 0 aliphatic heterocycles. The fraction of sp³-hybridized carbons (Fsp3) is 0.892. The third-order valence-corrected chi connectivity index (χ3v) is 8.27. The molecule has 0 spiro atoms. The molecule has 0 heterocycles. The third-order valence-electron chi connectivity index (χ3n) is 8.27. The summed E-state index contributed by atoms with van der Waals surface area (Å²) in [7, 11) is 0. The highest BCUT2D eigenvalue weighted by Gasteiger charge is 2.22. The van der Waals surface area contributed by atoms with Crippen LogP contribution in [0.4, 0.5) is 0 Å². The maximum atomic E-state index is 12.0. The van der Waals surface area contributed by atoms with E-state index >= 15 is 0 Å². The Hall–Kier alpha value is -1.32. The minimum Gasteiger partial charge on any atom is -0.481 e. The van der Waals surface area contributed by atoms with E-state index in [2.05, 4.69) is 19.1 Å². The molecule has 0 radical (unpaired) electrons. The molecular formula is C37H70O4. The van der Waals surface area contributed by atoms with E-state index in [-0.39, 0.29) is 12.4 Å². The van der Waals surface area contributed by atoms with Crippen LogP contribution in [-0.2, 0) is 14.3 Å². The number of aliphatic carboxylic acids is 1. The molecule has 1 N–H and O–H groups in total. The molecule has 0 fully saturated rings. The second-order valence-corrected chi connectivity index (χ2v) is 12.4. The molecule has 0 saturated heterocycles. The maximum absolute atomic E-state index is 12.0. The number of carboxylic acid groups (broad SMARTS) is 1. The van der Waals surface area contributed by atoms with Crippen molar-refractivity contribution in [2.45, 2.75) is 200 Å². The van der Waals surface area contributed by atoms with Crippen LogP contribution in [0.2, 0.25) is 0 Å². The first-order valence-electron chi connectivity index (χ1n) is 18.1. The molecule has 0 bridgehead atoms. The number of hydrogen-bond acceptors (Lipinski definition) is 3. The zero-order chi connectivity index (χ0) is 30.1. The summed E-state index contributed by atoms with van der Waals surface area (Å²) in [5.41, 5.74) is 0. The number of unbranched alkanes of at least 4 members (excludes halogenated alkanes) is 24. The van der Waals surface area contributed by atoms with Crippen molar-refractivity contribution in [1.29, 1.82) is 0 Å². The van der Waals surface area contributed by atoms with Crippen LogP contribution in [0.3, 0.4) is 0 Å². The first-order chi connectivity index (χ1) is 20.1. The molecule has 0 aromatic heterocycles. The summed E-state index contributed by atoms with van der Waals surface area (Å²) in [5, 5.41) is 9.05. The number of allylic oxidation sites excluding steroid dienone is 2. The van der Waals surface area contributed by atoms with Crippen LogP contribution in [0.5, 0.6) is 0 Å². The molecule has 0 aliphatic rings. The molecule has 0 aromatic carbocycles. The van der Waals surface area contributed by atoms with Crippen LogP contribution >= 0.6 is 0 Å². The first-order valence-corrected chi connectivity index (χ1v) is 18.1. The van der Waals surface area contributed by atoms with Gasteiger partial charge in [-0.15, -0.1) is 0 Å². The topological polar surface area (TPSA) is 63.6 Å². The van der Waals surface area contributed by atoms with E-state index in [1.807, 2.05) is 6.92 Å². The molecular weight excluding hydrogens is 508 g/mol. The van der Waals surface area contributed by atoms with Crippen molar-refractivity contribution in [1.82, 2.24) is 0 Å². The SMILES string of the molecule is CCCCCCC/C=C/CCCCCCCCCCCCCCCCCCCCCC(CC(=O)O)C(=O)OCCC. The summed E-state index contributed by atoms with van der Waals surface area (Å²) in [4.78, 5) is 23.1. The van der Waals surface area contributed by atoms with Crippen molar-refractivity contribution in [3.8, 4) is 0 Å². The molecule has 0 aliphatic carbocycles. The minimum atomic E-state index is -0.915. The lowest BCUT2D eigenvalue weighted by atomic mass is 9.97. The fourth-order valence-electron chi connectivity index (χ4n) is 5.59. The van der Waals surface area contributed by atoms with Gasteiger partial charge in [-0.1, -0.05) is 167 Å². The van der Waals surface area contributed by atoms with E-state index in [1.54, 1.807) is 0 Å². The van der Waals surface area contributed by atoms with Gasteiger partial charge in [-0.3, -0.25) is 9.59 Å². The Labute approximate surface area is 255 Å². The number of ether oxygens (including phenoxy) is 1. The molecule has 0 saturated carbocycles. The largest absolute Gasteiger partial charge is 0.481 e. The molecule has 0 amide bonds. The zero-order valence-electron chi connectivity index (χ0n) is 27.6. The van der Waals surface area contributed by atoms with Crippen LogP contribution < -0.4 is 0 Å². The lowest BCUT2D eigenvalue weighted by Crippen LogP contribution is -2.21. The van der Waals surface area contributed by atoms with Gasteiger partial charge in [-0.2, -0.15) is 0 Å². The molecule has 1 atom stereocenters. The highest BCUT2D eigenvalue weighted by Crippen LogP contribution is 2.19. The van der Waals surface area contributed by atoms with Gasteiger partial charge in [0.2, 0.25) is 0 Å². The van der Waals surface area contributed by atoms with Gasteiger partial charge in [-0.25, -0.2) is 0 Å². The van der Waals surface area contributed by atoms with E-state index in [1.165, 1.54) is 154 Å². The molecule has 4 heteroatoms. The van der Waals surface area contributed by atoms with Gasteiger partial charge in [0, 0.05) is 0 Å². The monoisotopic (exact) mass is 579 g/mol. The van der Waals surface area contributed by atoms with Crippen molar-refractivity contribution >= 4 is 11.9 Å². The van der Waals surface area contributed by atoms with Crippen molar-refractivity contribution in [3.05, 3.63) is 12.2 Å². The van der Waals surface area contributed by atoms with Crippen LogP contribution in [0, 0.1) is 5.92 Å². The highest BCUT2D eigenvalue weighted by molar-refractivity contribution is 5.79. The quantitative estimate of drug-likeness (QED) is 0.0478. The summed E-state index contributed by atoms with van der Waals surface area (Å²) in [6, 6.07) is 0. The Balaban J connectivity index is 3.31. The van der Waals surface area contributed by atoms with E-state index in [0.717, 1.165) is 19.3 Å². The summed E-state index contributed by atoms with van der Waals surface area (Å²) in [5.74, 6) is -1.74. The van der Waals surface area contributed by atoms with Crippen LogP contribution in [0.15, 0.2) is 12.2 Å². The Morgan fingerprint density at radius 2 is 0.902 bits per heavy atom. The van der Waals surface area contributed by atoms with Gasteiger partial charge in [-0.05, 0) is 38.5 Å². The van der Waals surface area contributed by atoms with E-state index < -0.39 is 11.9 Å². The lowest BCUT2D eigenvalue weighted by Gasteiger charge is -2.13. The number of esters is 1. The Morgan fingerprint density at radius 1 is 0.537 bits per heavy atom. The van der Waals surface area contributed by atoms with Crippen molar-refractivity contribution in [2.75, 3.05) is 6.61 Å². The van der Waals surface area contributed by atoms with Crippen LogP contribution in [0.25, 0.3) is 0 Å². The molecule has 0 rings (SSSR count). The van der Waals surface area contributed by atoms with Gasteiger partial charge >= 0.3 is 11.9 Å². The average molecular weight is 579 g/mol. The number of rotatable bonds is 33. The van der Waals surface area contributed by atoms with Crippen LogP contribution in [0.1, 0.15) is 200 Å². The van der Waals surface area contributed by atoms with E-state index in [9.17, 15) is 9.59 Å². The van der Waals surface area contributed by atoms with E-state index in [4.69, 9.17) is 9.84 Å². The second kappa shape index (κ2) is 33.2. The summed E-state index contributed by atoms with van der Waals surface area (Å²) >= 11 is 0. The Kier molecular flexibility index (Phi) is 32.1. The first kappa shape index (κ1) is 39.7. The minimum absolute atomic E-state index is 0.111. The fourth-order valence-corrected chi connectivity index (χ4v) is 5.59. The molecule has 242 valence electrons. The van der Waals surface area contributed by atoms with Crippen LogP contribution in [-0.4, -0.2) is 23.7 Å². The Morgan fingerprint density at radius 3 is 1.27 bits per heavy atom. The molecule has 1 unspecified atom stereocenters. The predicted octanol–water partition coefficient (Wildman–Crippen LogP) is 12.1. The van der Waals surface area contributed by atoms with Crippen molar-refractivity contribution in [3.63, 3.8) is 0 Å². The zero-order valence-corrected chi connectivity index (χ0v) is 27.6. The van der Waals surface area contributed by atoms with Gasteiger partial charge in [0.05, 0.1) is 18.9 Å². The van der Waals surface area contributed by atoms with Gasteiger partial charge in [0.15, 0.2) is 0 Å². The van der Waals surface area contributed by atoms with Gasteiger partial charge in [0.1, 0.15) is 0 Å². The Bertz CT molecular complexity index is 585. The predicted molar refractivity (Wildman–Crippen MR) is 176 cm³/mol. The molecule has 0 aromatic rings. The standard InChI is InChI=1S/C37H70O4/c1-3-5-6-7-8-9-10-11-12-13-14-15-16-17-18-19-20-21-22-23-24-25-26-27-28-29-30-31-32-35(34-36(38)39)37(40)41-33-4-2/h10-11,35H,3-9,12-34H2,1-2H3,(H,38,39)/b11-10+. The maximum Gasteiger partial charge on any atom is 0.309 e. The van der Waals surface area contributed by atoms with Crippen molar-refractivity contribution in [2.24, 2.45) is 5.92 Å². The second-order valence-electron chi connectivity index (χ2n) is 12.4. The third kappa shape index (κ3) is 31.4. The number of hydrogen-bond donors (Lipinski definition) is 1. The average Bonchev–Trinajstić information content (AvgIpc) is 2.96. The molecule has 41 heavy (non-hydrogen) atoms. The number of carboxylic acids is 1. The highest BCUT2D eigenvalue weighted by atomic mass is 16.5. The summed E-state index contributed by atoms with van der Waals surface area (Å²) in [6.45, 7) is 4.61. The summed E-state index contributed by atoms with van der Waals surface area (Å²) < 4.78 is 5.16. The number of carbonyl (C=O) groups is 2. The smallest absolute Gasteiger partial charge is 0.309 e. The van der Waals surface area contributed by atoms with Crippen molar-refractivity contribution < 1.29 is 19.4 Å². The summed E-state index contributed by atoms with van der Waals surface area (Å²) in [6.07, 6.45) is 41.0. The normalized spacial score (nSPS) is 12.2.